The van der Waals surface area contributed by atoms with Gasteiger partial charge in [-0.2, -0.15) is 0 Å². The summed E-state index contributed by atoms with van der Waals surface area (Å²) in [6.07, 6.45) is 0. The number of carbonyl (C=O) groups excluding carboxylic acids is 1. The van der Waals surface area contributed by atoms with E-state index in [1.807, 2.05) is 60.7 Å². The predicted octanol–water partition coefficient (Wildman–Crippen LogP) is 6.32. The van der Waals surface area contributed by atoms with Crippen LogP contribution in [-0.4, -0.2) is 10.9 Å². The van der Waals surface area contributed by atoms with Crippen molar-refractivity contribution in [2.75, 3.05) is 0 Å². The third kappa shape index (κ3) is 5.98. The first-order valence-electron chi connectivity index (χ1n) is 10.5. The summed E-state index contributed by atoms with van der Waals surface area (Å²) in [5.74, 6) is 0.491. The molecule has 4 rings (SSSR count). The first-order valence-corrected chi connectivity index (χ1v) is 10.5. The van der Waals surface area contributed by atoms with Crippen molar-refractivity contribution in [2.24, 2.45) is 0 Å². The van der Waals surface area contributed by atoms with E-state index < -0.39 is 10.9 Å². The molecule has 0 unspecified atom stereocenters. The zero-order chi connectivity index (χ0) is 23.8. The number of benzene rings is 4. The van der Waals surface area contributed by atoms with Crippen LogP contribution < -0.4 is 9.47 Å². The number of hydrogen-bond acceptors (Lipinski definition) is 6. The summed E-state index contributed by atoms with van der Waals surface area (Å²) in [6.45, 7) is 0.372. The summed E-state index contributed by atoms with van der Waals surface area (Å²) in [4.78, 5) is 23.2. The van der Waals surface area contributed by atoms with Crippen LogP contribution in [0.4, 0.5) is 5.69 Å². The standard InChI is InChI=1S/C27H21NO6/c29-27(33-19-21-9-5-2-6-10-21)22-11-13-23(14-12-22)34-24-15-16-25(28(30)31)26(17-24)32-18-20-7-3-1-4-8-20/h1-17H,18-19H2. The van der Waals surface area contributed by atoms with Crippen LogP contribution in [0.15, 0.2) is 103 Å². The summed E-state index contributed by atoms with van der Waals surface area (Å²) >= 11 is 0. The molecule has 0 aliphatic rings. The van der Waals surface area contributed by atoms with E-state index in [9.17, 15) is 14.9 Å². The van der Waals surface area contributed by atoms with Crippen LogP contribution in [0.3, 0.4) is 0 Å². The maximum Gasteiger partial charge on any atom is 0.338 e. The second-order valence-corrected chi connectivity index (χ2v) is 7.35. The Kier molecular flexibility index (Phi) is 7.15. The molecule has 0 amide bonds. The summed E-state index contributed by atoms with van der Waals surface area (Å²) < 4.78 is 16.8. The Morgan fingerprint density at radius 3 is 1.94 bits per heavy atom. The summed E-state index contributed by atoms with van der Waals surface area (Å²) in [7, 11) is 0. The molecule has 0 aliphatic carbocycles. The van der Waals surface area contributed by atoms with Crippen LogP contribution >= 0.6 is 0 Å². The molecular weight excluding hydrogens is 434 g/mol. The first kappa shape index (κ1) is 22.5. The van der Waals surface area contributed by atoms with Crippen molar-refractivity contribution >= 4 is 11.7 Å². The second-order valence-electron chi connectivity index (χ2n) is 7.35. The van der Waals surface area contributed by atoms with Crippen molar-refractivity contribution in [1.82, 2.24) is 0 Å². The highest BCUT2D eigenvalue weighted by Crippen LogP contribution is 2.34. The molecule has 0 saturated heterocycles. The lowest BCUT2D eigenvalue weighted by Crippen LogP contribution is -2.05. The van der Waals surface area contributed by atoms with Gasteiger partial charge >= 0.3 is 11.7 Å². The molecule has 34 heavy (non-hydrogen) atoms. The van der Waals surface area contributed by atoms with Crippen molar-refractivity contribution in [2.45, 2.75) is 13.2 Å². The van der Waals surface area contributed by atoms with Gasteiger partial charge in [0.25, 0.3) is 0 Å². The molecule has 0 saturated carbocycles. The van der Waals surface area contributed by atoms with Crippen molar-refractivity contribution in [3.05, 3.63) is 130 Å². The molecule has 7 heteroatoms. The van der Waals surface area contributed by atoms with Gasteiger partial charge in [0.05, 0.1) is 10.5 Å². The van der Waals surface area contributed by atoms with Crippen molar-refractivity contribution in [1.29, 1.82) is 0 Å². The molecule has 0 atom stereocenters. The molecule has 4 aromatic carbocycles. The maximum atomic E-state index is 12.3. The number of nitro benzene ring substituents is 1. The highest BCUT2D eigenvalue weighted by molar-refractivity contribution is 5.89. The van der Waals surface area contributed by atoms with Gasteiger partial charge in [0.1, 0.15) is 24.7 Å². The van der Waals surface area contributed by atoms with Crippen molar-refractivity contribution in [3.8, 4) is 17.2 Å². The van der Waals surface area contributed by atoms with Crippen LogP contribution in [0.5, 0.6) is 17.2 Å². The predicted molar refractivity (Wildman–Crippen MR) is 126 cm³/mol. The molecule has 0 fully saturated rings. The topological polar surface area (TPSA) is 87.9 Å². The molecule has 0 bridgehead atoms. The third-order valence-electron chi connectivity index (χ3n) is 4.90. The quantitative estimate of drug-likeness (QED) is 0.167. The van der Waals surface area contributed by atoms with Crippen LogP contribution in [0.2, 0.25) is 0 Å². The monoisotopic (exact) mass is 455 g/mol. The normalized spacial score (nSPS) is 10.4. The SMILES string of the molecule is O=C(OCc1ccccc1)c1ccc(Oc2ccc([N+](=O)[O-])c(OCc3ccccc3)c2)cc1. The smallest absolute Gasteiger partial charge is 0.338 e. The van der Waals surface area contributed by atoms with E-state index in [1.165, 1.54) is 18.2 Å². The Labute approximate surface area is 196 Å². The van der Waals surface area contributed by atoms with E-state index in [2.05, 4.69) is 0 Å². The highest BCUT2D eigenvalue weighted by atomic mass is 16.6. The van der Waals surface area contributed by atoms with E-state index >= 15 is 0 Å². The van der Waals surface area contributed by atoms with E-state index in [4.69, 9.17) is 14.2 Å². The average Bonchev–Trinajstić information content (AvgIpc) is 2.87. The third-order valence-corrected chi connectivity index (χ3v) is 4.90. The number of hydrogen-bond donors (Lipinski definition) is 0. The maximum absolute atomic E-state index is 12.3. The summed E-state index contributed by atoms with van der Waals surface area (Å²) in [6, 6.07) is 29.6. The lowest BCUT2D eigenvalue weighted by molar-refractivity contribution is -0.386. The molecule has 0 heterocycles. The van der Waals surface area contributed by atoms with Gasteiger partial charge in [-0.15, -0.1) is 0 Å². The van der Waals surface area contributed by atoms with Gasteiger partial charge in [0.15, 0.2) is 0 Å². The van der Waals surface area contributed by atoms with Crippen LogP contribution in [0.25, 0.3) is 0 Å². The molecular formula is C27H21NO6. The largest absolute Gasteiger partial charge is 0.482 e. The average molecular weight is 455 g/mol. The number of esters is 1. The van der Waals surface area contributed by atoms with E-state index in [1.54, 1.807) is 24.3 Å². The van der Waals surface area contributed by atoms with Crippen LogP contribution in [0.1, 0.15) is 21.5 Å². The summed E-state index contributed by atoms with van der Waals surface area (Å²) in [5, 5.41) is 11.4. The zero-order valence-electron chi connectivity index (χ0n) is 18.1. The van der Waals surface area contributed by atoms with Crippen LogP contribution in [-0.2, 0) is 18.0 Å². The Morgan fingerprint density at radius 1 is 0.735 bits per heavy atom. The number of rotatable bonds is 9. The zero-order valence-corrected chi connectivity index (χ0v) is 18.1. The fourth-order valence-electron chi connectivity index (χ4n) is 3.16. The van der Waals surface area contributed by atoms with Gasteiger partial charge < -0.3 is 14.2 Å². The number of nitrogens with zero attached hydrogens (tertiary/aromatic N) is 1. The van der Waals surface area contributed by atoms with Crippen molar-refractivity contribution in [3.63, 3.8) is 0 Å². The number of ether oxygens (including phenoxy) is 3. The van der Waals surface area contributed by atoms with Gasteiger partial charge in [-0.1, -0.05) is 60.7 Å². The summed E-state index contributed by atoms with van der Waals surface area (Å²) in [5.41, 5.74) is 2.02. The molecule has 0 radical (unpaired) electrons. The van der Waals surface area contributed by atoms with Crippen LogP contribution in [0, 0.1) is 10.1 Å². The Bertz CT molecular complexity index is 1260. The van der Waals surface area contributed by atoms with Gasteiger partial charge in [-0.25, -0.2) is 4.79 Å². The molecule has 4 aromatic rings. The fraction of sp³-hybridized carbons (Fsp3) is 0.0741. The molecule has 0 N–H and O–H groups in total. The Balaban J connectivity index is 1.41. The second kappa shape index (κ2) is 10.8. The Morgan fingerprint density at radius 2 is 1.32 bits per heavy atom. The van der Waals surface area contributed by atoms with Gasteiger partial charge in [0, 0.05) is 12.1 Å². The Hall–Kier alpha value is -4.65. The van der Waals surface area contributed by atoms with E-state index in [0.29, 0.717) is 17.1 Å². The molecule has 0 spiro atoms. The fourth-order valence-corrected chi connectivity index (χ4v) is 3.16. The highest BCUT2D eigenvalue weighted by Gasteiger charge is 2.17. The van der Waals surface area contributed by atoms with Gasteiger partial charge in [0.2, 0.25) is 5.75 Å². The van der Waals surface area contributed by atoms with E-state index in [-0.39, 0.29) is 24.7 Å². The molecule has 7 nitrogen and oxygen atoms in total. The minimum Gasteiger partial charge on any atom is -0.482 e. The van der Waals surface area contributed by atoms with E-state index in [0.717, 1.165) is 11.1 Å². The lowest BCUT2D eigenvalue weighted by atomic mass is 10.2. The molecule has 170 valence electrons. The molecule has 0 aromatic heterocycles. The lowest BCUT2D eigenvalue weighted by Gasteiger charge is -2.11. The minimum atomic E-state index is -0.500. The minimum absolute atomic E-state index is 0.104. The van der Waals surface area contributed by atoms with Gasteiger partial charge in [-0.05, 0) is 41.5 Å². The first-order chi connectivity index (χ1) is 16.6. The number of carbonyl (C=O) groups is 1. The van der Waals surface area contributed by atoms with Gasteiger partial charge in [-0.3, -0.25) is 10.1 Å². The number of nitro groups is 1. The van der Waals surface area contributed by atoms with Crippen molar-refractivity contribution < 1.29 is 23.9 Å². The molecule has 0 aliphatic heterocycles.